The Balaban J connectivity index is 1.87. The Kier molecular flexibility index (Phi) is 6.37. The van der Waals surface area contributed by atoms with Crippen LogP contribution in [0.1, 0.15) is 10.8 Å². The minimum absolute atomic E-state index is 0.268. The Morgan fingerprint density at radius 3 is 2.44 bits per heavy atom. The number of halogens is 2. The second kappa shape index (κ2) is 8.93. The lowest BCUT2D eigenvalue weighted by molar-refractivity contribution is -0.115. The molecule has 27 heavy (non-hydrogen) atoms. The minimum atomic E-state index is -0.621. The topological polar surface area (TPSA) is 38.3 Å². The molecular formula is C21H17ClFNO2S. The van der Waals surface area contributed by atoms with Crippen LogP contribution < -0.4 is 10.1 Å². The number of benzene rings is 3. The Labute approximate surface area is 166 Å². The Bertz CT molecular complexity index is 936. The van der Waals surface area contributed by atoms with Gasteiger partial charge in [0, 0.05) is 10.6 Å². The summed E-state index contributed by atoms with van der Waals surface area (Å²) in [7, 11) is 1.52. The smallest absolute Gasteiger partial charge is 0.242 e. The van der Waals surface area contributed by atoms with E-state index >= 15 is 0 Å². The van der Waals surface area contributed by atoms with Gasteiger partial charge >= 0.3 is 0 Å². The second-order valence-electron chi connectivity index (χ2n) is 5.68. The molecule has 0 saturated heterocycles. The molecule has 1 amide bonds. The van der Waals surface area contributed by atoms with Gasteiger partial charge in [0.05, 0.1) is 12.1 Å². The first-order valence-electron chi connectivity index (χ1n) is 8.19. The molecule has 0 aromatic heterocycles. The average molecular weight is 402 g/mol. The monoisotopic (exact) mass is 401 g/mol. The molecule has 1 atom stereocenters. The van der Waals surface area contributed by atoms with E-state index in [4.69, 9.17) is 16.3 Å². The number of thioether (sulfide) groups is 1. The minimum Gasteiger partial charge on any atom is -0.495 e. The molecule has 0 radical (unpaired) electrons. The first-order chi connectivity index (χ1) is 13.1. The zero-order chi connectivity index (χ0) is 19.2. The highest BCUT2D eigenvalue weighted by Crippen LogP contribution is 2.37. The van der Waals surface area contributed by atoms with Crippen LogP contribution >= 0.6 is 23.4 Å². The maximum atomic E-state index is 14.1. The third-order valence-electron chi connectivity index (χ3n) is 3.84. The second-order valence-corrected chi connectivity index (χ2v) is 7.23. The molecule has 6 heteroatoms. The maximum Gasteiger partial charge on any atom is 0.242 e. The van der Waals surface area contributed by atoms with Crippen LogP contribution in [0.2, 0.25) is 5.02 Å². The lowest BCUT2D eigenvalue weighted by atomic mass is 10.1. The Morgan fingerprint density at radius 1 is 1.07 bits per heavy atom. The van der Waals surface area contributed by atoms with E-state index in [1.807, 2.05) is 30.3 Å². The molecule has 0 spiro atoms. The van der Waals surface area contributed by atoms with Crippen LogP contribution in [0.25, 0.3) is 0 Å². The van der Waals surface area contributed by atoms with Crippen molar-refractivity contribution in [3.8, 4) is 5.75 Å². The molecular weight excluding hydrogens is 385 g/mol. The number of nitrogens with one attached hydrogen (secondary N) is 1. The Morgan fingerprint density at radius 2 is 1.78 bits per heavy atom. The lowest BCUT2D eigenvalue weighted by Gasteiger charge is -2.18. The van der Waals surface area contributed by atoms with Gasteiger partial charge < -0.3 is 10.1 Å². The molecule has 3 rings (SSSR count). The molecule has 0 unspecified atom stereocenters. The number of anilines is 1. The molecule has 0 heterocycles. The van der Waals surface area contributed by atoms with Crippen LogP contribution in [0.5, 0.6) is 5.75 Å². The van der Waals surface area contributed by atoms with Gasteiger partial charge in [0.2, 0.25) is 5.91 Å². The molecule has 0 bridgehead atoms. The van der Waals surface area contributed by atoms with Gasteiger partial charge in [-0.25, -0.2) is 4.39 Å². The molecule has 0 saturated carbocycles. The van der Waals surface area contributed by atoms with E-state index < -0.39 is 5.25 Å². The summed E-state index contributed by atoms with van der Waals surface area (Å²) in [5.41, 5.74) is 1.32. The number of amides is 1. The fraction of sp³-hybridized carbons (Fsp3) is 0.0952. The van der Waals surface area contributed by atoms with Crippen LogP contribution in [0, 0.1) is 5.82 Å². The van der Waals surface area contributed by atoms with Crippen LogP contribution in [-0.2, 0) is 4.79 Å². The van der Waals surface area contributed by atoms with Crippen molar-refractivity contribution in [3.05, 3.63) is 89.2 Å². The summed E-state index contributed by atoms with van der Waals surface area (Å²) in [5.74, 6) is -0.102. The summed E-state index contributed by atoms with van der Waals surface area (Å²) in [5, 5.41) is 2.63. The van der Waals surface area contributed by atoms with Gasteiger partial charge in [0.15, 0.2) is 0 Å². The molecule has 3 aromatic rings. The van der Waals surface area contributed by atoms with E-state index in [0.29, 0.717) is 21.4 Å². The van der Waals surface area contributed by atoms with Crippen molar-refractivity contribution >= 4 is 35.0 Å². The van der Waals surface area contributed by atoms with Gasteiger partial charge in [-0.2, -0.15) is 0 Å². The van der Waals surface area contributed by atoms with E-state index in [-0.39, 0.29) is 11.7 Å². The van der Waals surface area contributed by atoms with Crippen molar-refractivity contribution in [2.24, 2.45) is 0 Å². The van der Waals surface area contributed by atoms with Crippen molar-refractivity contribution in [2.45, 2.75) is 10.1 Å². The summed E-state index contributed by atoms with van der Waals surface area (Å²) in [4.78, 5) is 13.4. The van der Waals surface area contributed by atoms with Gasteiger partial charge in [-0.1, -0.05) is 54.1 Å². The molecule has 0 aliphatic heterocycles. The van der Waals surface area contributed by atoms with Crippen LogP contribution in [0.15, 0.2) is 77.7 Å². The van der Waals surface area contributed by atoms with E-state index in [2.05, 4.69) is 5.32 Å². The molecule has 3 nitrogen and oxygen atoms in total. The zero-order valence-electron chi connectivity index (χ0n) is 14.5. The highest BCUT2D eigenvalue weighted by Gasteiger charge is 2.23. The molecule has 0 fully saturated rings. The fourth-order valence-electron chi connectivity index (χ4n) is 2.52. The summed E-state index contributed by atoms with van der Waals surface area (Å²) < 4.78 is 19.2. The number of ether oxygens (including phenoxy) is 1. The van der Waals surface area contributed by atoms with Crippen molar-refractivity contribution in [1.82, 2.24) is 0 Å². The number of hydrogen-bond acceptors (Lipinski definition) is 3. The van der Waals surface area contributed by atoms with Gasteiger partial charge in [0.25, 0.3) is 0 Å². The van der Waals surface area contributed by atoms with Crippen LogP contribution in [0.3, 0.4) is 0 Å². The number of methoxy groups -OCH3 is 1. The van der Waals surface area contributed by atoms with Crippen LogP contribution in [0.4, 0.5) is 10.1 Å². The van der Waals surface area contributed by atoms with E-state index in [1.165, 1.54) is 13.2 Å². The third kappa shape index (κ3) is 4.81. The maximum absolute atomic E-state index is 14.1. The fourth-order valence-corrected chi connectivity index (χ4v) is 3.83. The van der Waals surface area contributed by atoms with E-state index in [1.54, 1.807) is 36.4 Å². The van der Waals surface area contributed by atoms with E-state index in [0.717, 1.165) is 17.3 Å². The predicted octanol–water partition coefficient (Wildman–Crippen LogP) is 5.96. The van der Waals surface area contributed by atoms with Gasteiger partial charge in [-0.05, 0) is 35.9 Å². The summed E-state index contributed by atoms with van der Waals surface area (Å²) in [6.45, 7) is 0. The largest absolute Gasteiger partial charge is 0.495 e. The highest BCUT2D eigenvalue weighted by molar-refractivity contribution is 8.00. The molecule has 138 valence electrons. The number of rotatable bonds is 6. The summed E-state index contributed by atoms with van der Waals surface area (Å²) in [6.07, 6.45) is 0. The molecule has 3 aromatic carbocycles. The molecule has 0 aliphatic rings. The lowest BCUT2D eigenvalue weighted by Crippen LogP contribution is -2.19. The molecule has 0 aliphatic carbocycles. The van der Waals surface area contributed by atoms with Crippen molar-refractivity contribution in [2.75, 3.05) is 12.4 Å². The molecule has 1 N–H and O–H groups in total. The van der Waals surface area contributed by atoms with Crippen LogP contribution in [-0.4, -0.2) is 13.0 Å². The van der Waals surface area contributed by atoms with Gasteiger partial charge in [0.1, 0.15) is 16.8 Å². The van der Waals surface area contributed by atoms with Crippen molar-refractivity contribution in [3.63, 3.8) is 0 Å². The SMILES string of the molecule is COc1ccc(NC(=O)[C@@H](Sc2ccccc2F)c2ccccc2)cc1Cl. The highest BCUT2D eigenvalue weighted by atomic mass is 35.5. The number of carbonyl (C=O) groups excluding carboxylic acids is 1. The number of carbonyl (C=O) groups is 1. The van der Waals surface area contributed by atoms with Crippen molar-refractivity contribution < 1.29 is 13.9 Å². The van der Waals surface area contributed by atoms with E-state index in [9.17, 15) is 9.18 Å². The first kappa shape index (κ1) is 19.3. The predicted molar refractivity (Wildman–Crippen MR) is 108 cm³/mol. The third-order valence-corrected chi connectivity index (χ3v) is 5.44. The standard InChI is InChI=1S/C21H17ClFNO2S/c1-26-18-12-11-15(13-16(18)22)24-21(25)20(14-7-3-2-4-8-14)27-19-10-6-5-9-17(19)23/h2-13,20H,1H3,(H,24,25)/t20-/m0/s1. The normalized spacial score (nSPS) is 11.7. The van der Waals surface area contributed by atoms with Crippen molar-refractivity contribution in [1.29, 1.82) is 0 Å². The Hall–Kier alpha value is -2.50. The summed E-state index contributed by atoms with van der Waals surface area (Å²) in [6, 6.07) is 20.7. The quantitative estimate of drug-likeness (QED) is 0.518. The van der Waals surface area contributed by atoms with Gasteiger partial charge in [-0.3, -0.25) is 4.79 Å². The first-order valence-corrected chi connectivity index (χ1v) is 9.45. The zero-order valence-corrected chi connectivity index (χ0v) is 16.1. The summed E-state index contributed by atoms with van der Waals surface area (Å²) >= 11 is 7.29. The van der Waals surface area contributed by atoms with Gasteiger partial charge in [-0.15, -0.1) is 11.8 Å². The average Bonchev–Trinajstić information content (AvgIpc) is 2.68. The number of hydrogen-bond donors (Lipinski definition) is 1.